The van der Waals surface area contributed by atoms with E-state index in [1.165, 1.54) is 6.07 Å². The van der Waals surface area contributed by atoms with Crippen LogP contribution in [0.15, 0.2) is 45.7 Å². The third kappa shape index (κ3) is 4.53. The van der Waals surface area contributed by atoms with Gasteiger partial charge in [-0.25, -0.2) is 0 Å². The highest BCUT2D eigenvalue weighted by Crippen LogP contribution is 2.13. The molecule has 0 aromatic carbocycles. The maximum absolute atomic E-state index is 11.9. The fourth-order valence-electron chi connectivity index (χ4n) is 1.90. The molecule has 2 aromatic heterocycles. The minimum absolute atomic E-state index is 0.0310. The molecule has 0 bridgehead atoms. The Morgan fingerprint density at radius 3 is 2.95 bits per heavy atom. The van der Waals surface area contributed by atoms with Crippen LogP contribution < -0.4 is 10.9 Å². The van der Waals surface area contributed by atoms with Gasteiger partial charge in [-0.15, -0.1) is 0 Å². The van der Waals surface area contributed by atoms with Crippen molar-refractivity contribution in [1.29, 1.82) is 0 Å². The molecule has 0 saturated heterocycles. The van der Waals surface area contributed by atoms with Gasteiger partial charge in [0, 0.05) is 25.4 Å². The molecule has 2 rings (SSSR count). The second-order valence-corrected chi connectivity index (χ2v) is 5.41. The Hall–Kier alpha value is -1.95. The minimum atomic E-state index is -0.220. The van der Waals surface area contributed by atoms with Gasteiger partial charge in [0.1, 0.15) is 5.76 Å². The van der Waals surface area contributed by atoms with Crippen LogP contribution in [0.2, 0.25) is 0 Å². The first-order chi connectivity index (χ1) is 10.2. The summed E-state index contributed by atoms with van der Waals surface area (Å²) in [4.78, 5) is 23.4. The van der Waals surface area contributed by atoms with Gasteiger partial charge in [0.15, 0.2) is 5.76 Å². The average Bonchev–Trinajstić information content (AvgIpc) is 2.94. The molecule has 0 radical (unpaired) electrons. The first-order valence-electron chi connectivity index (χ1n) is 6.72. The average molecular weight is 306 g/mol. The predicted octanol–water partition coefficient (Wildman–Crippen LogP) is 2.12. The van der Waals surface area contributed by atoms with Crippen molar-refractivity contribution in [3.63, 3.8) is 0 Å². The van der Waals surface area contributed by atoms with E-state index in [1.807, 2.05) is 18.4 Å². The molecule has 2 aromatic rings. The van der Waals surface area contributed by atoms with Gasteiger partial charge >= 0.3 is 0 Å². The highest BCUT2D eigenvalue weighted by molar-refractivity contribution is 7.97. The number of nitrogens with zero attached hydrogens (tertiary/aromatic N) is 1. The van der Waals surface area contributed by atoms with Crippen molar-refractivity contribution < 1.29 is 9.21 Å². The Morgan fingerprint density at radius 1 is 1.33 bits per heavy atom. The van der Waals surface area contributed by atoms with E-state index in [9.17, 15) is 9.59 Å². The number of pyridine rings is 1. The number of thioether (sulfide) groups is 1. The number of aromatic nitrogens is 1. The van der Waals surface area contributed by atoms with E-state index in [0.717, 1.165) is 11.5 Å². The third-order valence-corrected chi connectivity index (χ3v) is 3.51. The van der Waals surface area contributed by atoms with E-state index >= 15 is 0 Å². The summed E-state index contributed by atoms with van der Waals surface area (Å²) in [6.07, 6.45) is 4.41. The van der Waals surface area contributed by atoms with Crippen LogP contribution in [-0.2, 0) is 12.3 Å². The van der Waals surface area contributed by atoms with Crippen LogP contribution in [0.3, 0.4) is 0 Å². The van der Waals surface area contributed by atoms with Crippen molar-refractivity contribution in [1.82, 2.24) is 9.88 Å². The van der Waals surface area contributed by atoms with Crippen LogP contribution in [0.4, 0.5) is 0 Å². The van der Waals surface area contributed by atoms with Gasteiger partial charge in [0.2, 0.25) is 5.56 Å². The maximum Gasteiger partial charge on any atom is 0.286 e. The van der Waals surface area contributed by atoms with Crippen LogP contribution in [0.5, 0.6) is 0 Å². The molecule has 0 aliphatic carbocycles. The highest BCUT2D eigenvalue weighted by Gasteiger charge is 2.10. The maximum atomic E-state index is 11.9. The van der Waals surface area contributed by atoms with Gasteiger partial charge in [-0.05, 0) is 30.9 Å². The quantitative estimate of drug-likeness (QED) is 0.796. The lowest BCUT2D eigenvalue weighted by Crippen LogP contribution is -2.26. The minimum Gasteiger partial charge on any atom is -0.455 e. The van der Waals surface area contributed by atoms with Gasteiger partial charge in [-0.3, -0.25) is 9.59 Å². The first-order valence-corrected chi connectivity index (χ1v) is 8.11. The zero-order chi connectivity index (χ0) is 15.1. The number of furan rings is 1. The molecule has 1 N–H and O–H groups in total. The van der Waals surface area contributed by atoms with Crippen molar-refractivity contribution in [3.05, 3.63) is 58.4 Å². The monoisotopic (exact) mass is 306 g/mol. The van der Waals surface area contributed by atoms with Gasteiger partial charge in [-0.1, -0.05) is 6.07 Å². The molecule has 0 aliphatic rings. The van der Waals surface area contributed by atoms with Crippen molar-refractivity contribution in [2.75, 3.05) is 12.8 Å². The molecule has 112 valence electrons. The lowest BCUT2D eigenvalue weighted by molar-refractivity contribution is 0.0923. The van der Waals surface area contributed by atoms with Gasteiger partial charge in [-0.2, -0.15) is 11.8 Å². The van der Waals surface area contributed by atoms with E-state index in [-0.39, 0.29) is 11.5 Å². The standard InChI is InChI=1S/C15H18N2O3S/c1-21-11-12-6-7-13(20-12)15(19)16-8-4-10-17-9-3-2-5-14(17)18/h2-3,5-7,9H,4,8,10-11H2,1H3,(H,16,19). The summed E-state index contributed by atoms with van der Waals surface area (Å²) < 4.78 is 7.05. The van der Waals surface area contributed by atoms with Gasteiger partial charge < -0.3 is 14.3 Å². The number of carbonyl (C=O) groups is 1. The Kier molecular flexibility index (Phi) is 5.68. The molecule has 2 heterocycles. The highest BCUT2D eigenvalue weighted by atomic mass is 32.2. The van der Waals surface area contributed by atoms with E-state index in [1.54, 1.807) is 34.7 Å². The number of hydrogen-bond donors (Lipinski definition) is 1. The van der Waals surface area contributed by atoms with Crippen molar-refractivity contribution in [2.24, 2.45) is 0 Å². The third-order valence-electron chi connectivity index (χ3n) is 2.93. The van der Waals surface area contributed by atoms with Crippen molar-refractivity contribution in [3.8, 4) is 0 Å². The van der Waals surface area contributed by atoms with E-state index in [2.05, 4.69) is 5.32 Å². The summed E-state index contributed by atoms with van der Waals surface area (Å²) in [7, 11) is 0. The normalized spacial score (nSPS) is 10.5. The molecule has 0 saturated carbocycles. The second kappa shape index (κ2) is 7.73. The number of hydrogen-bond acceptors (Lipinski definition) is 4. The summed E-state index contributed by atoms with van der Waals surface area (Å²) in [6, 6.07) is 8.55. The number of aryl methyl sites for hydroxylation is 1. The number of amides is 1. The lowest BCUT2D eigenvalue weighted by atomic mass is 10.3. The predicted molar refractivity (Wildman–Crippen MR) is 83.6 cm³/mol. The van der Waals surface area contributed by atoms with E-state index in [0.29, 0.717) is 25.3 Å². The summed E-state index contributed by atoms with van der Waals surface area (Å²) in [5.41, 5.74) is -0.0310. The molecule has 0 unspecified atom stereocenters. The fourth-order valence-corrected chi connectivity index (χ4v) is 2.34. The Bertz CT molecular complexity index is 648. The number of carbonyl (C=O) groups excluding carboxylic acids is 1. The molecular weight excluding hydrogens is 288 g/mol. The number of rotatable bonds is 7. The molecular formula is C15H18N2O3S. The van der Waals surface area contributed by atoms with Gasteiger partial charge in [0.05, 0.1) is 5.75 Å². The second-order valence-electron chi connectivity index (χ2n) is 4.54. The zero-order valence-corrected chi connectivity index (χ0v) is 12.7. The van der Waals surface area contributed by atoms with Crippen LogP contribution in [0.1, 0.15) is 22.7 Å². The summed E-state index contributed by atoms with van der Waals surface area (Å²) in [5, 5.41) is 2.79. The van der Waals surface area contributed by atoms with Crippen molar-refractivity contribution in [2.45, 2.75) is 18.7 Å². The molecule has 5 nitrogen and oxygen atoms in total. The molecule has 0 fully saturated rings. The SMILES string of the molecule is CSCc1ccc(C(=O)NCCCn2ccccc2=O)o1. The molecule has 0 atom stereocenters. The molecule has 0 aliphatic heterocycles. The van der Waals surface area contributed by atoms with Crippen LogP contribution in [0, 0.1) is 0 Å². The fraction of sp³-hybridized carbons (Fsp3) is 0.333. The largest absolute Gasteiger partial charge is 0.455 e. The lowest BCUT2D eigenvalue weighted by Gasteiger charge is -2.05. The zero-order valence-electron chi connectivity index (χ0n) is 11.9. The molecule has 6 heteroatoms. The topological polar surface area (TPSA) is 64.2 Å². The van der Waals surface area contributed by atoms with Gasteiger partial charge in [0.25, 0.3) is 5.91 Å². The Morgan fingerprint density at radius 2 is 2.19 bits per heavy atom. The first kappa shape index (κ1) is 15.4. The summed E-state index contributed by atoms with van der Waals surface area (Å²) in [6.45, 7) is 1.08. The van der Waals surface area contributed by atoms with Crippen LogP contribution in [-0.4, -0.2) is 23.3 Å². The Labute approximate surface area is 127 Å². The molecule has 1 amide bonds. The Balaban J connectivity index is 1.76. The van der Waals surface area contributed by atoms with Crippen LogP contribution in [0.25, 0.3) is 0 Å². The van der Waals surface area contributed by atoms with Crippen molar-refractivity contribution >= 4 is 17.7 Å². The van der Waals surface area contributed by atoms with E-state index < -0.39 is 0 Å². The smallest absolute Gasteiger partial charge is 0.286 e. The summed E-state index contributed by atoms with van der Waals surface area (Å²) in [5.74, 6) is 1.66. The summed E-state index contributed by atoms with van der Waals surface area (Å²) >= 11 is 1.64. The number of nitrogens with one attached hydrogen (secondary N) is 1. The molecule has 21 heavy (non-hydrogen) atoms. The van der Waals surface area contributed by atoms with Crippen LogP contribution >= 0.6 is 11.8 Å². The van der Waals surface area contributed by atoms with E-state index in [4.69, 9.17) is 4.42 Å². The molecule has 0 spiro atoms.